The van der Waals surface area contributed by atoms with E-state index in [1.165, 1.54) is 6.42 Å². The molecule has 1 saturated heterocycles. The first-order valence-corrected chi connectivity index (χ1v) is 6.99. The Hall–Kier alpha value is -1.26. The van der Waals surface area contributed by atoms with Crippen molar-refractivity contribution in [2.45, 2.75) is 38.2 Å². The Kier molecular flexibility index (Phi) is 5.05. The first-order valence-electron chi connectivity index (χ1n) is 6.61. The number of anilines is 2. The molecule has 104 valence electrons. The molecule has 1 aliphatic heterocycles. The number of hydrogen-bond acceptors (Lipinski definition) is 3. The van der Waals surface area contributed by atoms with Gasteiger partial charge in [0, 0.05) is 18.7 Å². The molecule has 19 heavy (non-hydrogen) atoms. The first-order chi connectivity index (χ1) is 9.15. The molecule has 4 nitrogen and oxygen atoms in total. The SMILES string of the molecule is Nc1ccc(Cl)c(NC(=O)CCC2CCCCO2)c1. The number of nitrogens with one attached hydrogen (secondary N) is 1. The van der Waals surface area contributed by atoms with Crippen LogP contribution in [0.2, 0.25) is 5.02 Å². The highest BCUT2D eigenvalue weighted by atomic mass is 35.5. The number of carbonyl (C=O) groups is 1. The van der Waals surface area contributed by atoms with Gasteiger partial charge in [-0.05, 0) is 43.9 Å². The van der Waals surface area contributed by atoms with Gasteiger partial charge in [-0.3, -0.25) is 4.79 Å². The number of nitrogens with two attached hydrogens (primary N) is 1. The molecular formula is C14H19ClN2O2. The van der Waals surface area contributed by atoms with E-state index in [1.54, 1.807) is 18.2 Å². The molecule has 0 bridgehead atoms. The van der Waals surface area contributed by atoms with Crippen LogP contribution in [0.3, 0.4) is 0 Å². The van der Waals surface area contributed by atoms with Gasteiger partial charge in [0.2, 0.25) is 5.91 Å². The van der Waals surface area contributed by atoms with Crippen molar-refractivity contribution in [1.82, 2.24) is 0 Å². The lowest BCUT2D eigenvalue weighted by atomic mass is 10.0. The Morgan fingerprint density at radius 3 is 3.05 bits per heavy atom. The summed E-state index contributed by atoms with van der Waals surface area (Å²) >= 11 is 5.99. The van der Waals surface area contributed by atoms with Gasteiger partial charge >= 0.3 is 0 Å². The summed E-state index contributed by atoms with van der Waals surface area (Å²) in [6, 6.07) is 5.04. The van der Waals surface area contributed by atoms with Gasteiger partial charge in [-0.25, -0.2) is 0 Å². The van der Waals surface area contributed by atoms with Gasteiger partial charge in [-0.2, -0.15) is 0 Å². The molecule has 1 heterocycles. The summed E-state index contributed by atoms with van der Waals surface area (Å²) in [6.45, 7) is 0.813. The molecule has 5 heteroatoms. The van der Waals surface area contributed by atoms with E-state index in [4.69, 9.17) is 22.1 Å². The third-order valence-corrected chi connectivity index (χ3v) is 3.56. The monoisotopic (exact) mass is 282 g/mol. The fraction of sp³-hybridized carbons (Fsp3) is 0.500. The summed E-state index contributed by atoms with van der Waals surface area (Å²) in [7, 11) is 0. The molecule has 0 radical (unpaired) electrons. The van der Waals surface area contributed by atoms with Crippen LogP contribution in [0.1, 0.15) is 32.1 Å². The van der Waals surface area contributed by atoms with Crippen LogP contribution in [0.5, 0.6) is 0 Å². The second kappa shape index (κ2) is 6.78. The summed E-state index contributed by atoms with van der Waals surface area (Å²) in [5.74, 6) is -0.0540. The van der Waals surface area contributed by atoms with E-state index >= 15 is 0 Å². The van der Waals surface area contributed by atoms with Crippen molar-refractivity contribution in [3.8, 4) is 0 Å². The molecule has 0 saturated carbocycles. The lowest BCUT2D eigenvalue weighted by molar-refractivity contribution is -0.117. The average molecular weight is 283 g/mol. The van der Waals surface area contributed by atoms with Crippen LogP contribution in [-0.2, 0) is 9.53 Å². The smallest absolute Gasteiger partial charge is 0.224 e. The number of rotatable bonds is 4. The number of ether oxygens (including phenoxy) is 1. The minimum atomic E-state index is -0.0540. The van der Waals surface area contributed by atoms with Crippen molar-refractivity contribution in [3.05, 3.63) is 23.2 Å². The molecule has 1 amide bonds. The van der Waals surface area contributed by atoms with E-state index in [1.807, 2.05) is 0 Å². The summed E-state index contributed by atoms with van der Waals surface area (Å²) in [5.41, 5.74) is 6.81. The number of nitrogen functional groups attached to an aromatic ring is 1. The van der Waals surface area contributed by atoms with Crippen LogP contribution in [0.4, 0.5) is 11.4 Å². The third kappa shape index (κ3) is 4.40. The molecule has 3 N–H and O–H groups in total. The Balaban J connectivity index is 1.81. The maximum absolute atomic E-state index is 11.9. The summed E-state index contributed by atoms with van der Waals surface area (Å²) < 4.78 is 5.60. The maximum atomic E-state index is 11.9. The normalized spacial score (nSPS) is 19.1. The number of carbonyl (C=O) groups excluding carboxylic acids is 1. The zero-order chi connectivity index (χ0) is 13.7. The number of benzene rings is 1. The third-order valence-electron chi connectivity index (χ3n) is 3.23. The minimum absolute atomic E-state index is 0.0540. The predicted octanol–water partition coefficient (Wildman–Crippen LogP) is 3.21. The van der Waals surface area contributed by atoms with E-state index in [0.717, 1.165) is 25.9 Å². The van der Waals surface area contributed by atoms with Gasteiger partial charge in [0.25, 0.3) is 0 Å². The Labute approximate surface area is 118 Å². The summed E-state index contributed by atoms with van der Waals surface area (Å²) in [5, 5.41) is 3.28. The molecule has 1 fully saturated rings. The zero-order valence-corrected chi connectivity index (χ0v) is 11.6. The average Bonchev–Trinajstić information content (AvgIpc) is 2.42. The lowest BCUT2D eigenvalue weighted by Crippen LogP contribution is -2.21. The topological polar surface area (TPSA) is 64.3 Å². The van der Waals surface area contributed by atoms with Gasteiger partial charge in [-0.1, -0.05) is 11.6 Å². The van der Waals surface area contributed by atoms with E-state index in [2.05, 4.69) is 5.32 Å². The number of amides is 1. The van der Waals surface area contributed by atoms with Crippen molar-refractivity contribution < 1.29 is 9.53 Å². The Morgan fingerprint density at radius 1 is 1.47 bits per heavy atom. The molecule has 0 spiro atoms. The van der Waals surface area contributed by atoms with E-state index in [9.17, 15) is 4.79 Å². The van der Waals surface area contributed by atoms with Crippen molar-refractivity contribution in [2.75, 3.05) is 17.7 Å². The van der Waals surface area contributed by atoms with E-state index < -0.39 is 0 Å². The molecule has 0 aromatic heterocycles. The van der Waals surface area contributed by atoms with Gasteiger partial charge in [0.05, 0.1) is 16.8 Å². The van der Waals surface area contributed by atoms with Crippen molar-refractivity contribution in [3.63, 3.8) is 0 Å². The van der Waals surface area contributed by atoms with Gasteiger partial charge in [0.15, 0.2) is 0 Å². The van der Waals surface area contributed by atoms with Gasteiger partial charge in [-0.15, -0.1) is 0 Å². The van der Waals surface area contributed by atoms with Crippen LogP contribution in [0, 0.1) is 0 Å². The minimum Gasteiger partial charge on any atom is -0.399 e. The molecule has 2 rings (SSSR count). The fourth-order valence-corrected chi connectivity index (χ4v) is 2.34. The van der Waals surface area contributed by atoms with Gasteiger partial charge < -0.3 is 15.8 Å². The summed E-state index contributed by atoms with van der Waals surface area (Å²) in [4.78, 5) is 11.9. The van der Waals surface area contributed by atoms with E-state index in [-0.39, 0.29) is 12.0 Å². The van der Waals surface area contributed by atoms with Crippen LogP contribution in [0.25, 0.3) is 0 Å². The van der Waals surface area contributed by atoms with Crippen molar-refractivity contribution in [1.29, 1.82) is 0 Å². The second-order valence-corrected chi connectivity index (χ2v) is 5.22. The van der Waals surface area contributed by atoms with Crippen molar-refractivity contribution in [2.24, 2.45) is 0 Å². The highest BCUT2D eigenvalue weighted by Gasteiger charge is 2.15. The number of halogens is 1. The fourth-order valence-electron chi connectivity index (χ4n) is 2.18. The van der Waals surface area contributed by atoms with Crippen LogP contribution >= 0.6 is 11.6 Å². The zero-order valence-electron chi connectivity index (χ0n) is 10.8. The van der Waals surface area contributed by atoms with Crippen LogP contribution in [-0.4, -0.2) is 18.6 Å². The Bertz CT molecular complexity index is 445. The quantitative estimate of drug-likeness (QED) is 0.834. The predicted molar refractivity (Wildman–Crippen MR) is 77.3 cm³/mol. The molecule has 1 unspecified atom stereocenters. The van der Waals surface area contributed by atoms with Gasteiger partial charge in [0.1, 0.15) is 0 Å². The standard InChI is InChI=1S/C14H19ClN2O2/c15-12-6-4-10(16)9-13(12)17-14(18)7-5-11-3-1-2-8-19-11/h4,6,9,11H,1-3,5,7-8,16H2,(H,17,18). The largest absolute Gasteiger partial charge is 0.399 e. The number of hydrogen-bond donors (Lipinski definition) is 2. The molecule has 1 aliphatic rings. The maximum Gasteiger partial charge on any atom is 0.224 e. The highest BCUT2D eigenvalue weighted by molar-refractivity contribution is 6.33. The molecule has 0 aliphatic carbocycles. The Morgan fingerprint density at radius 2 is 2.32 bits per heavy atom. The molecule has 1 aromatic carbocycles. The van der Waals surface area contributed by atoms with Crippen LogP contribution in [0.15, 0.2) is 18.2 Å². The lowest BCUT2D eigenvalue weighted by Gasteiger charge is -2.22. The summed E-state index contributed by atoms with van der Waals surface area (Å²) in [6.07, 6.45) is 4.78. The van der Waals surface area contributed by atoms with Crippen LogP contribution < -0.4 is 11.1 Å². The molecule has 1 aromatic rings. The molecular weight excluding hydrogens is 264 g/mol. The molecule has 1 atom stereocenters. The second-order valence-electron chi connectivity index (χ2n) is 4.81. The van der Waals surface area contributed by atoms with Crippen molar-refractivity contribution >= 4 is 28.9 Å². The first kappa shape index (κ1) is 14.2. The van der Waals surface area contributed by atoms with E-state index in [0.29, 0.717) is 22.8 Å². The highest BCUT2D eigenvalue weighted by Crippen LogP contribution is 2.24.